The summed E-state index contributed by atoms with van der Waals surface area (Å²) in [5.74, 6) is 7.57. The molecular weight excluding hydrogens is 508 g/mol. The molecule has 5 nitrogen and oxygen atoms in total. The highest BCUT2D eigenvalue weighted by atomic mass is 16.5. The van der Waals surface area contributed by atoms with Crippen molar-refractivity contribution in [1.82, 2.24) is 9.80 Å². The molecule has 0 unspecified atom stereocenters. The molecule has 0 radical (unpaired) electrons. The van der Waals surface area contributed by atoms with Crippen LogP contribution in [0.3, 0.4) is 0 Å². The first kappa shape index (κ1) is 26.2. The topological polar surface area (TPSA) is 53.0 Å². The Balaban J connectivity index is 1.18. The summed E-state index contributed by atoms with van der Waals surface area (Å²) in [6, 6.07) is 20.8. The fourth-order valence-electron chi connectivity index (χ4n) is 8.39. The van der Waals surface area contributed by atoms with Gasteiger partial charge in [-0.3, -0.25) is 9.69 Å². The Morgan fingerprint density at radius 3 is 2.73 bits per heavy atom. The fourth-order valence-corrected chi connectivity index (χ4v) is 8.39. The summed E-state index contributed by atoms with van der Waals surface area (Å²) < 4.78 is 6.80. The van der Waals surface area contributed by atoms with E-state index in [0.717, 1.165) is 62.1 Å². The van der Waals surface area contributed by atoms with Gasteiger partial charge >= 0.3 is 0 Å². The largest absolute Gasteiger partial charge is 0.508 e. The second-order valence-electron chi connectivity index (χ2n) is 12.5. The van der Waals surface area contributed by atoms with Crippen molar-refractivity contribution in [2.24, 2.45) is 5.92 Å². The van der Waals surface area contributed by atoms with Crippen LogP contribution >= 0.6 is 0 Å². The summed E-state index contributed by atoms with van der Waals surface area (Å²) in [6.07, 6.45) is 4.65. The van der Waals surface area contributed by atoms with Crippen molar-refractivity contribution in [3.8, 4) is 23.3 Å². The van der Waals surface area contributed by atoms with Gasteiger partial charge in [-0.25, -0.2) is 0 Å². The monoisotopic (exact) mass is 546 g/mol. The molecular formula is C36H38N2O3. The second kappa shape index (κ2) is 9.96. The Labute approximate surface area is 243 Å². The molecule has 5 atom stereocenters. The number of carbonyl (C=O) groups is 1. The maximum atomic E-state index is 13.4. The average molecular weight is 547 g/mol. The number of phenolic OH excluding ortho intramolecular Hbond substituents is 1. The van der Waals surface area contributed by atoms with Crippen LogP contribution in [0.15, 0.2) is 60.7 Å². The Morgan fingerprint density at radius 1 is 1.10 bits per heavy atom. The quantitative estimate of drug-likeness (QED) is 0.459. The Bertz CT molecular complexity index is 1570. The molecule has 3 aromatic carbocycles. The maximum Gasteiger partial charge on any atom is 0.298 e. The van der Waals surface area contributed by atoms with Crippen LogP contribution in [0.1, 0.15) is 52.6 Å². The number of benzene rings is 3. The van der Waals surface area contributed by atoms with Crippen molar-refractivity contribution in [3.05, 3.63) is 94.0 Å². The Morgan fingerprint density at radius 2 is 1.93 bits per heavy atom. The zero-order chi connectivity index (χ0) is 28.3. The third-order valence-electron chi connectivity index (χ3n) is 10.6. The van der Waals surface area contributed by atoms with E-state index in [1.54, 1.807) is 6.07 Å². The summed E-state index contributed by atoms with van der Waals surface area (Å²) in [6.45, 7) is 6.16. The minimum absolute atomic E-state index is 0.0650. The number of rotatable bonds is 4. The number of carbonyl (C=O) groups excluding carboxylic acids is 1. The van der Waals surface area contributed by atoms with Crippen LogP contribution in [0, 0.1) is 31.6 Å². The van der Waals surface area contributed by atoms with Gasteiger partial charge in [0.15, 0.2) is 0 Å². The molecule has 2 aliphatic heterocycles. The predicted molar refractivity (Wildman–Crippen MR) is 160 cm³/mol. The third-order valence-corrected chi connectivity index (χ3v) is 10.6. The summed E-state index contributed by atoms with van der Waals surface area (Å²) in [4.78, 5) is 17.9. The number of hydrogen-bond acceptors (Lipinski definition) is 4. The van der Waals surface area contributed by atoms with Gasteiger partial charge in [0.1, 0.15) is 17.6 Å². The molecule has 1 amide bonds. The molecule has 2 aliphatic carbocycles. The SMILES string of the molecule is Cc1ccc(C#CC(=O)N(C)[C@H]2CC[C@H]3[C@H]4Cc5c(O)ccc6c5[C@@]3(CCN4CCc3ccccc3)[C@H]2O6)cc1C. The van der Waals surface area contributed by atoms with Crippen LogP contribution in [0.25, 0.3) is 0 Å². The number of nitrogens with zero attached hydrogens (tertiary/aromatic N) is 2. The van der Waals surface area contributed by atoms with Gasteiger partial charge in [0.25, 0.3) is 5.91 Å². The molecule has 5 heteroatoms. The van der Waals surface area contributed by atoms with Crippen molar-refractivity contribution >= 4 is 5.91 Å². The Hall–Kier alpha value is -3.75. The molecule has 2 fully saturated rings. The normalized spacial score (nSPS) is 27.3. The number of phenols is 1. The molecule has 3 aromatic rings. The molecule has 4 aliphatic rings. The first-order chi connectivity index (χ1) is 19.9. The zero-order valence-corrected chi connectivity index (χ0v) is 24.2. The van der Waals surface area contributed by atoms with E-state index in [2.05, 4.69) is 67.0 Å². The third kappa shape index (κ3) is 4.15. The van der Waals surface area contributed by atoms with Crippen LogP contribution in [0.4, 0.5) is 0 Å². The van der Waals surface area contributed by atoms with E-state index >= 15 is 0 Å². The molecule has 1 saturated carbocycles. The van der Waals surface area contributed by atoms with E-state index in [-0.39, 0.29) is 23.5 Å². The van der Waals surface area contributed by atoms with Crippen molar-refractivity contribution in [2.75, 3.05) is 20.1 Å². The molecule has 2 heterocycles. The lowest BCUT2D eigenvalue weighted by atomic mass is 9.51. The van der Waals surface area contributed by atoms with E-state index in [1.807, 2.05) is 30.1 Å². The molecule has 2 bridgehead atoms. The lowest BCUT2D eigenvalue weighted by molar-refractivity contribution is -0.134. The Kier molecular flexibility index (Phi) is 6.36. The second-order valence-corrected chi connectivity index (χ2v) is 12.5. The highest BCUT2D eigenvalue weighted by Gasteiger charge is 2.66. The van der Waals surface area contributed by atoms with Gasteiger partial charge in [-0.2, -0.15) is 0 Å². The molecule has 1 saturated heterocycles. The van der Waals surface area contributed by atoms with Crippen molar-refractivity contribution < 1.29 is 14.6 Å². The minimum Gasteiger partial charge on any atom is -0.508 e. The molecule has 0 aromatic heterocycles. The molecule has 1 spiro atoms. The smallest absolute Gasteiger partial charge is 0.298 e. The van der Waals surface area contributed by atoms with Gasteiger partial charge in [-0.15, -0.1) is 0 Å². The van der Waals surface area contributed by atoms with Crippen LogP contribution in [0.2, 0.25) is 0 Å². The van der Waals surface area contributed by atoms with E-state index in [4.69, 9.17) is 4.74 Å². The number of likely N-dealkylation sites (tertiary alicyclic amines) is 1. The number of amides is 1. The van der Waals surface area contributed by atoms with Crippen molar-refractivity contribution in [1.29, 1.82) is 0 Å². The van der Waals surface area contributed by atoms with Crippen LogP contribution in [0.5, 0.6) is 11.5 Å². The molecule has 7 rings (SSSR count). The summed E-state index contributed by atoms with van der Waals surface area (Å²) in [5, 5.41) is 11.1. The highest BCUT2D eigenvalue weighted by molar-refractivity contribution is 5.94. The summed E-state index contributed by atoms with van der Waals surface area (Å²) >= 11 is 0. The van der Waals surface area contributed by atoms with Crippen LogP contribution in [-0.2, 0) is 23.1 Å². The number of aryl methyl sites for hydroxylation is 2. The summed E-state index contributed by atoms with van der Waals surface area (Å²) in [7, 11) is 1.89. The molecule has 1 N–H and O–H groups in total. The first-order valence-electron chi connectivity index (χ1n) is 15.0. The average Bonchev–Trinajstić information content (AvgIpc) is 3.32. The molecule has 41 heavy (non-hydrogen) atoms. The van der Waals surface area contributed by atoms with E-state index in [0.29, 0.717) is 17.7 Å². The van der Waals surface area contributed by atoms with Gasteiger partial charge in [-0.05, 0) is 99.4 Å². The predicted octanol–water partition coefficient (Wildman–Crippen LogP) is 5.17. The van der Waals surface area contributed by atoms with E-state index < -0.39 is 0 Å². The standard InChI is InChI=1S/C36H38N2O3/c1-23-9-10-26(21-24(23)2)11-16-33(40)37(3)29-13-12-28-30-22-27-31(39)14-15-32-34(27)36(28,35(29)41-32)18-20-38(30)19-17-25-7-5-4-6-8-25/h4-10,14-15,21,28-30,35,39H,12-13,17-20,22H2,1-3H3/t28-,29-,30+,35-,36-/m0/s1. The van der Waals surface area contributed by atoms with E-state index in [1.165, 1.54) is 22.3 Å². The van der Waals surface area contributed by atoms with Gasteiger partial charge in [0.05, 0.1) is 6.04 Å². The van der Waals surface area contributed by atoms with Crippen molar-refractivity contribution in [3.63, 3.8) is 0 Å². The minimum atomic E-state index is -0.186. The van der Waals surface area contributed by atoms with Gasteiger partial charge in [0, 0.05) is 47.7 Å². The number of piperidine rings is 1. The molecule has 210 valence electrons. The first-order valence-corrected chi connectivity index (χ1v) is 15.0. The number of ether oxygens (including phenoxy) is 1. The van der Waals surface area contributed by atoms with Gasteiger partial charge in [-0.1, -0.05) is 42.3 Å². The van der Waals surface area contributed by atoms with Crippen LogP contribution < -0.4 is 4.74 Å². The lowest BCUT2D eigenvalue weighted by Crippen LogP contribution is -2.69. The number of aromatic hydroxyl groups is 1. The van der Waals surface area contributed by atoms with Gasteiger partial charge in [0.2, 0.25) is 0 Å². The van der Waals surface area contributed by atoms with E-state index in [9.17, 15) is 9.90 Å². The van der Waals surface area contributed by atoms with Gasteiger partial charge < -0.3 is 14.7 Å². The summed E-state index contributed by atoms with van der Waals surface area (Å²) in [5.41, 5.74) is 6.71. The maximum absolute atomic E-state index is 13.4. The zero-order valence-electron chi connectivity index (χ0n) is 24.2. The lowest BCUT2D eigenvalue weighted by Gasteiger charge is -2.60. The van der Waals surface area contributed by atoms with Crippen LogP contribution in [-0.4, -0.2) is 59.1 Å². The highest BCUT2D eigenvalue weighted by Crippen LogP contribution is 2.63. The number of hydrogen-bond donors (Lipinski definition) is 1. The number of likely N-dealkylation sites (N-methyl/N-ethyl adjacent to an activating group) is 1. The van der Waals surface area contributed by atoms with Crippen molar-refractivity contribution in [2.45, 2.75) is 69.6 Å². The fraction of sp³-hybridized carbons (Fsp3) is 0.417.